The second-order valence-electron chi connectivity index (χ2n) is 9.24. The number of nitrogens with one attached hydrogen (secondary N) is 2. The zero-order valence-electron chi connectivity index (χ0n) is 20.7. The maximum absolute atomic E-state index is 13.4. The molecule has 1 saturated heterocycles. The number of methoxy groups -OCH3 is 1. The van der Waals surface area contributed by atoms with E-state index in [0.29, 0.717) is 17.7 Å². The molecule has 5 rings (SSSR count). The van der Waals surface area contributed by atoms with Gasteiger partial charge in [-0.25, -0.2) is 4.79 Å². The molecule has 1 fully saturated rings. The van der Waals surface area contributed by atoms with Crippen LogP contribution in [-0.4, -0.2) is 36.4 Å². The first-order valence-corrected chi connectivity index (χ1v) is 12.0. The molecule has 0 radical (unpaired) electrons. The normalized spacial score (nSPS) is 17.1. The number of carbonyl (C=O) groups is 3. The summed E-state index contributed by atoms with van der Waals surface area (Å²) < 4.78 is 5.28. The highest BCUT2D eigenvalue weighted by Crippen LogP contribution is 2.32. The Morgan fingerprint density at radius 2 is 1.62 bits per heavy atom. The number of hydrogen-bond acceptors (Lipinski definition) is 4. The second kappa shape index (κ2) is 9.78. The number of fused-ring (bicyclic) bond motifs is 1. The Morgan fingerprint density at radius 3 is 2.41 bits per heavy atom. The van der Waals surface area contributed by atoms with E-state index < -0.39 is 23.4 Å². The van der Waals surface area contributed by atoms with Gasteiger partial charge in [-0.15, -0.1) is 0 Å². The van der Waals surface area contributed by atoms with E-state index in [1.54, 1.807) is 14.0 Å². The summed E-state index contributed by atoms with van der Waals surface area (Å²) >= 11 is 0. The maximum atomic E-state index is 13.4. The molecule has 4 aromatic rings. The summed E-state index contributed by atoms with van der Waals surface area (Å²) in [6.45, 7) is 1.27. The minimum Gasteiger partial charge on any atom is -0.497 e. The summed E-state index contributed by atoms with van der Waals surface area (Å²) in [5.41, 5.74) is 2.06. The fraction of sp³-hybridized carbons (Fsp3) is 0.167. The van der Waals surface area contributed by atoms with Crippen LogP contribution >= 0.6 is 0 Å². The van der Waals surface area contributed by atoms with E-state index in [9.17, 15) is 14.4 Å². The monoisotopic (exact) mass is 493 g/mol. The summed E-state index contributed by atoms with van der Waals surface area (Å²) in [4.78, 5) is 40.1. The summed E-state index contributed by atoms with van der Waals surface area (Å²) in [5.74, 6) is -0.184. The van der Waals surface area contributed by atoms with Gasteiger partial charge in [0.25, 0.3) is 5.91 Å². The Balaban J connectivity index is 1.32. The molecule has 7 nitrogen and oxygen atoms in total. The third kappa shape index (κ3) is 4.76. The molecule has 4 aromatic carbocycles. The SMILES string of the molecule is COc1ccc2cc(C3(C)NC(=O)N(CC(=O)Nc4ccccc4Cc4ccccc4)C3=O)ccc2c1. The van der Waals surface area contributed by atoms with E-state index in [1.807, 2.05) is 91.0 Å². The maximum Gasteiger partial charge on any atom is 0.325 e. The third-order valence-corrected chi connectivity index (χ3v) is 6.73. The summed E-state index contributed by atoms with van der Waals surface area (Å²) in [6.07, 6.45) is 0.645. The molecule has 37 heavy (non-hydrogen) atoms. The predicted octanol–water partition coefficient (Wildman–Crippen LogP) is 4.84. The molecule has 0 spiro atoms. The molecule has 1 heterocycles. The highest BCUT2D eigenvalue weighted by molar-refractivity contribution is 6.10. The molecule has 0 aromatic heterocycles. The van der Waals surface area contributed by atoms with Gasteiger partial charge in [0.2, 0.25) is 5.91 Å². The Bertz CT molecular complexity index is 1500. The molecule has 1 atom stereocenters. The second-order valence-corrected chi connectivity index (χ2v) is 9.24. The number of nitrogens with zero attached hydrogens (tertiary/aromatic N) is 1. The number of ether oxygens (including phenoxy) is 1. The first-order chi connectivity index (χ1) is 17.9. The fourth-order valence-corrected chi connectivity index (χ4v) is 4.64. The standard InChI is InChI=1S/C30H27N3O4/c1-30(24-14-12-22-18-25(37-2)15-13-21(22)17-24)28(35)33(29(36)32-30)19-27(34)31-26-11-7-6-10-23(26)16-20-8-4-3-5-9-20/h3-15,17-18H,16,19H2,1-2H3,(H,31,34)(H,32,36). The van der Waals surface area contributed by atoms with Crippen LogP contribution < -0.4 is 15.4 Å². The molecule has 1 unspecified atom stereocenters. The molecule has 186 valence electrons. The van der Waals surface area contributed by atoms with Crippen molar-refractivity contribution < 1.29 is 19.1 Å². The van der Waals surface area contributed by atoms with Crippen LogP contribution in [0.15, 0.2) is 91.0 Å². The quantitative estimate of drug-likeness (QED) is 0.361. The van der Waals surface area contributed by atoms with E-state index in [0.717, 1.165) is 32.5 Å². The molecule has 0 bridgehead atoms. The van der Waals surface area contributed by atoms with E-state index in [2.05, 4.69) is 10.6 Å². The van der Waals surface area contributed by atoms with Crippen LogP contribution in [0.4, 0.5) is 10.5 Å². The van der Waals surface area contributed by atoms with Crippen LogP contribution in [0.3, 0.4) is 0 Å². The Labute approximate surface area is 215 Å². The number of imide groups is 1. The van der Waals surface area contributed by atoms with Gasteiger partial charge in [-0.3, -0.25) is 14.5 Å². The van der Waals surface area contributed by atoms with Crippen molar-refractivity contribution in [3.8, 4) is 5.75 Å². The molecule has 1 aliphatic heterocycles. The summed E-state index contributed by atoms with van der Waals surface area (Å²) in [5, 5.41) is 7.52. The van der Waals surface area contributed by atoms with E-state index in [4.69, 9.17) is 4.74 Å². The van der Waals surface area contributed by atoms with Crippen LogP contribution in [-0.2, 0) is 21.5 Å². The smallest absolute Gasteiger partial charge is 0.325 e. The van der Waals surface area contributed by atoms with Crippen molar-refractivity contribution in [2.24, 2.45) is 0 Å². The number of hydrogen-bond donors (Lipinski definition) is 2. The molecule has 2 N–H and O–H groups in total. The van der Waals surface area contributed by atoms with E-state index >= 15 is 0 Å². The van der Waals surface area contributed by atoms with E-state index in [1.165, 1.54) is 0 Å². The van der Waals surface area contributed by atoms with Crippen molar-refractivity contribution in [3.05, 3.63) is 108 Å². The van der Waals surface area contributed by atoms with Crippen LogP contribution in [0.5, 0.6) is 5.75 Å². The summed E-state index contributed by atoms with van der Waals surface area (Å²) in [6, 6.07) is 28.1. The Kier molecular flexibility index (Phi) is 6.36. The predicted molar refractivity (Wildman–Crippen MR) is 142 cm³/mol. The Hall–Kier alpha value is -4.65. The van der Waals surface area contributed by atoms with Gasteiger partial charge in [-0.2, -0.15) is 0 Å². The first-order valence-electron chi connectivity index (χ1n) is 12.0. The first kappa shape index (κ1) is 24.1. The van der Waals surface area contributed by atoms with Crippen LogP contribution in [0.25, 0.3) is 10.8 Å². The number of carbonyl (C=O) groups excluding carboxylic acids is 3. The lowest BCUT2D eigenvalue weighted by Crippen LogP contribution is -2.42. The van der Waals surface area contributed by atoms with Gasteiger partial charge < -0.3 is 15.4 Å². The van der Waals surface area contributed by atoms with Crippen LogP contribution in [0.1, 0.15) is 23.6 Å². The number of para-hydroxylation sites is 1. The molecular formula is C30H27N3O4. The van der Waals surface area contributed by atoms with Crippen molar-refractivity contribution in [3.63, 3.8) is 0 Å². The van der Waals surface area contributed by atoms with Crippen molar-refractivity contribution in [1.82, 2.24) is 10.2 Å². The zero-order valence-corrected chi connectivity index (χ0v) is 20.7. The molecule has 4 amide bonds. The van der Waals surface area contributed by atoms with Gasteiger partial charge in [0, 0.05) is 5.69 Å². The van der Waals surface area contributed by atoms with Crippen molar-refractivity contribution in [2.75, 3.05) is 19.0 Å². The van der Waals surface area contributed by atoms with E-state index in [-0.39, 0.29) is 6.54 Å². The van der Waals surface area contributed by atoms with Gasteiger partial charge in [0.05, 0.1) is 7.11 Å². The third-order valence-electron chi connectivity index (χ3n) is 6.73. The van der Waals surface area contributed by atoms with Crippen molar-refractivity contribution in [2.45, 2.75) is 18.9 Å². The molecule has 7 heteroatoms. The molecule has 0 saturated carbocycles. The van der Waals surface area contributed by atoms with Gasteiger partial charge in [-0.05, 0) is 65.1 Å². The fourth-order valence-electron chi connectivity index (χ4n) is 4.64. The minimum absolute atomic E-state index is 0.384. The van der Waals surface area contributed by atoms with Crippen LogP contribution in [0, 0.1) is 0 Å². The van der Waals surface area contributed by atoms with Gasteiger partial charge in [0.1, 0.15) is 17.8 Å². The van der Waals surface area contributed by atoms with Crippen LogP contribution in [0.2, 0.25) is 0 Å². The zero-order chi connectivity index (χ0) is 26.0. The van der Waals surface area contributed by atoms with Crippen molar-refractivity contribution >= 4 is 34.3 Å². The Morgan fingerprint density at radius 1 is 0.919 bits per heavy atom. The number of rotatable bonds is 7. The number of amides is 4. The summed E-state index contributed by atoms with van der Waals surface area (Å²) in [7, 11) is 1.61. The highest BCUT2D eigenvalue weighted by Gasteiger charge is 2.49. The average Bonchev–Trinajstić information content (AvgIpc) is 3.13. The lowest BCUT2D eigenvalue weighted by Gasteiger charge is -2.23. The number of benzene rings is 4. The number of urea groups is 1. The lowest BCUT2D eigenvalue weighted by atomic mass is 9.90. The highest BCUT2D eigenvalue weighted by atomic mass is 16.5. The molecular weight excluding hydrogens is 466 g/mol. The minimum atomic E-state index is -1.28. The topological polar surface area (TPSA) is 87.7 Å². The molecule has 0 aliphatic carbocycles. The van der Waals surface area contributed by atoms with Crippen molar-refractivity contribution in [1.29, 1.82) is 0 Å². The van der Waals surface area contributed by atoms with Gasteiger partial charge in [0.15, 0.2) is 0 Å². The molecule has 1 aliphatic rings. The average molecular weight is 494 g/mol. The van der Waals surface area contributed by atoms with Gasteiger partial charge in [-0.1, -0.05) is 66.7 Å². The lowest BCUT2D eigenvalue weighted by molar-refractivity contribution is -0.133. The van der Waals surface area contributed by atoms with Gasteiger partial charge >= 0.3 is 6.03 Å². The largest absolute Gasteiger partial charge is 0.497 e. The number of anilines is 1.